The van der Waals surface area contributed by atoms with Gasteiger partial charge in [0, 0.05) is 19.0 Å². The zero-order valence-electron chi connectivity index (χ0n) is 12.3. The van der Waals surface area contributed by atoms with E-state index in [2.05, 4.69) is 0 Å². The van der Waals surface area contributed by atoms with Crippen LogP contribution in [0.25, 0.3) is 0 Å². The van der Waals surface area contributed by atoms with Gasteiger partial charge in [0.2, 0.25) is 0 Å². The molecule has 1 aromatic rings. The summed E-state index contributed by atoms with van der Waals surface area (Å²) in [4.78, 5) is 24.2. The minimum absolute atomic E-state index is 0.0507. The van der Waals surface area contributed by atoms with E-state index in [0.717, 1.165) is 6.29 Å². The molecule has 0 saturated heterocycles. The van der Waals surface area contributed by atoms with E-state index in [1.165, 1.54) is 11.0 Å². The van der Waals surface area contributed by atoms with Crippen LogP contribution >= 0.6 is 0 Å². The van der Waals surface area contributed by atoms with Crippen LogP contribution < -0.4 is 0 Å². The molecule has 1 unspecified atom stereocenters. The number of hydrogen-bond donors (Lipinski definition) is 1. The van der Waals surface area contributed by atoms with E-state index in [0.29, 0.717) is 5.56 Å². The highest BCUT2D eigenvalue weighted by molar-refractivity contribution is 5.69. The molecule has 0 saturated carbocycles. The number of carbonyl (C=O) groups is 2. The Morgan fingerprint density at radius 3 is 2.50 bits per heavy atom. The largest absolute Gasteiger partial charge is 0.508 e. The van der Waals surface area contributed by atoms with Gasteiger partial charge in [-0.05, 0) is 26.8 Å². The van der Waals surface area contributed by atoms with Crippen LogP contribution in [0.2, 0.25) is 0 Å². The number of nitrogens with zero attached hydrogens (tertiary/aromatic N) is 1. The molecule has 1 atom stereocenters. The van der Waals surface area contributed by atoms with Gasteiger partial charge in [-0.3, -0.25) is 0 Å². The van der Waals surface area contributed by atoms with E-state index in [9.17, 15) is 14.7 Å². The molecule has 1 aromatic carbocycles. The first-order valence-electron chi connectivity index (χ1n) is 6.43. The SMILES string of the molecule is CN(C(=O)OC(C)(C)C)C(CC=O)c1ccccc1O. The number of rotatable bonds is 4. The Hall–Kier alpha value is -2.04. The van der Waals surface area contributed by atoms with Gasteiger partial charge in [0.25, 0.3) is 0 Å². The summed E-state index contributed by atoms with van der Waals surface area (Å²) >= 11 is 0. The van der Waals surface area contributed by atoms with Crippen molar-refractivity contribution in [1.82, 2.24) is 4.90 Å². The predicted molar refractivity (Wildman–Crippen MR) is 75.5 cm³/mol. The smallest absolute Gasteiger partial charge is 0.410 e. The molecule has 5 nitrogen and oxygen atoms in total. The van der Waals surface area contributed by atoms with Crippen molar-refractivity contribution in [1.29, 1.82) is 0 Å². The third-order valence-electron chi connectivity index (χ3n) is 2.76. The zero-order valence-corrected chi connectivity index (χ0v) is 12.3. The van der Waals surface area contributed by atoms with Crippen LogP contribution in [0.15, 0.2) is 24.3 Å². The number of benzene rings is 1. The molecule has 0 fully saturated rings. The molecule has 0 bridgehead atoms. The van der Waals surface area contributed by atoms with Crippen molar-refractivity contribution in [2.24, 2.45) is 0 Å². The van der Waals surface area contributed by atoms with Crippen LogP contribution in [-0.4, -0.2) is 35.0 Å². The molecule has 1 rings (SSSR count). The number of aromatic hydroxyl groups is 1. The van der Waals surface area contributed by atoms with E-state index in [-0.39, 0.29) is 12.2 Å². The third kappa shape index (κ3) is 4.26. The summed E-state index contributed by atoms with van der Waals surface area (Å²) in [5.41, 5.74) is -0.0940. The fraction of sp³-hybridized carbons (Fsp3) is 0.467. The van der Waals surface area contributed by atoms with Gasteiger partial charge in [-0.15, -0.1) is 0 Å². The molecule has 1 N–H and O–H groups in total. The number of ether oxygens (including phenoxy) is 1. The maximum absolute atomic E-state index is 12.1. The number of amides is 1. The molecular weight excluding hydrogens is 258 g/mol. The molecule has 0 aromatic heterocycles. The second-order valence-corrected chi connectivity index (χ2v) is 5.57. The normalized spacial score (nSPS) is 12.6. The lowest BCUT2D eigenvalue weighted by molar-refractivity contribution is -0.108. The standard InChI is InChI=1S/C15H21NO4/c1-15(2,3)20-14(19)16(4)12(9-10-17)11-7-5-6-8-13(11)18/h5-8,10,12,18H,9H2,1-4H3. The summed E-state index contributed by atoms with van der Waals surface area (Å²) < 4.78 is 5.28. The lowest BCUT2D eigenvalue weighted by Gasteiger charge is -2.30. The number of para-hydroxylation sites is 1. The third-order valence-corrected chi connectivity index (χ3v) is 2.76. The first kappa shape index (κ1) is 16.0. The molecule has 0 spiro atoms. The van der Waals surface area contributed by atoms with Crippen molar-refractivity contribution in [3.8, 4) is 5.75 Å². The summed E-state index contributed by atoms with van der Waals surface area (Å²) in [5, 5.41) is 9.88. The first-order chi connectivity index (χ1) is 9.26. The van der Waals surface area contributed by atoms with Crippen LogP contribution in [0, 0.1) is 0 Å². The number of aldehydes is 1. The molecule has 110 valence electrons. The van der Waals surface area contributed by atoms with Gasteiger partial charge >= 0.3 is 6.09 Å². The van der Waals surface area contributed by atoms with E-state index < -0.39 is 17.7 Å². The number of carbonyl (C=O) groups excluding carboxylic acids is 2. The van der Waals surface area contributed by atoms with Crippen molar-refractivity contribution in [2.45, 2.75) is 38.8 Å². The van der Waals surface area contributed by atoms with Gasteiger partial charge in [-0.2, -0.15) is 0 Å². The Bertz CT molecular complexity index is 479. The zero-order chi connectivity index (χ0) is 15.3. The Balaban J connectivity index is 2.99. The second kappa shape index (κ2) is 6.41. The topological polar surface area (TPSA) is 66.8 Å². The van der Waals surface area contributed by atoms with Gasteiger partial charge in [0.15, 0.2) is 0 Å². The van der Waals surface area contributed by atoms with Crippen molar-refractivity contribution < 1.29 is 19.4 Å². The molecule has 0 radical (unpaired) electrons. The lowest BCUT2D eigenvalue weighted by atomic mass is 10.0. The summed E-state index contributed by atoms with van der Waals surface area (Å²) in [6.45, 7) is 5.31. The van der Waals surface area contributed by atoms with Crippen LogP contribution in [-0.2, 0) is 9.53 Å². The lowest BCUT2D eigenvalue weighted by Crippen LogP contribution is -2.36. The van der Waals surface area contributed by atoms with Crippen LogP contribution in [0.4, 0.5) is 4.79 Å². The van der Waals surface area contributed by atoms with Gasteiger partial charge in [0.05, 0.1) is 6.04 Å². The minimum atomic E-state index is -0.615. The van der Waals surface area contributed by atoms with Crippen molar-refractivity contribution in [3.63, 3.8) is 0 Å². The predicted octanol–water partition coefficient (Wildman–Crippen LogP) is 2.89. The quantitative estimate of drug-likeness (QED) is 0.861. The molecule has 0 aliphatic rings. The Kier molecular flexibility index (Phi) is 5.13. The molecular formula is C15H21NO4. The van der Waals surface area contributed by atoms with Gasteiger partial charge in [0.1, 0.15) is 17.6 Å². The van der Waals surface area contributed by atoms with E-state index in [4.69, 9.17) is 4.74 Å². The number of phenolic OH excluding ortho intramolecular Hbond substituents is 1. The monoisotopic (exact) mass is 279 g/mol. The van der Waals surface area contributed by atoms with Crippen LogP contribution in [0.5, 0.6) is 5.75 Å². The molecule has 5 heteroatoms. The fourth-order valence-electron chi connectivity index (χ4n) is 1.82. The fourth-order valence-corrected chi connectivity index (χ4v) is 1.82. The highest BCUT2D eigenvalue weighted by Crippen LogP contribution is 2.30. The van der Waals surface area contributed by atoms with Crippen LogP contribution in [0.3, 0.4) is 0 Å². The first-order valence-corrected chi connectivity index (χ1v) is 6.43. The van der Waals surface area contributed by atoms with Gasteiger partial charge < -0.3 is 19.5 Å². The molecule has 0 aliphatic carbocycles. The molecule has 1 amide bonds. The Morgan fingerprint density at radius 1 is 1.40 bits per heavy atom. The maximum atomic E-state index is 12.1. The average molecular weight is 279 g/mol. The van der Waals surface area contributed by atoms with Gasteiger partial charge in [-0.1, -0.05) is 18.2 Å². The summed E-state index contributed by atoms with van der Waals surface area (Å²) in [6.07, 6.45) is 0.276. The van der Waals surface area contributed by atoms with Crippen molar-refractivity contribution in [3.05, 3.63) is 29.8 Å². The van der Waals surface area contributed by atoms with E-state index >= 15 is 0 Å². The van der Waals surface area contributed by atoms with Crippen molar-refractivity contribution in [2.75, 3.05) is 7.05 Å². The van der Waals surface area contributed by atoms with Crippen LogP contribution in [0.1, 0.15) is 38.8 Å². The van der Waals surface area contributed by atoms with E-state index in [1.54, 1.807) is 46.0 Å². The molecule has 20 heavy (non-hydrogen) atoms. The highest BCUT2D eigenvalue weighted by atomic mass is 16.6. The summed E-state index contributed by atoms with van der Waals surface area (Å²) in [6, 6.07) is 6.09. The number of hydrogen-bond acceptors (Lipinski definition) is 4. The Morgan fingerprint density at radius 2 is 2.00 bits per heavy atom. The highest BCUT2D eigenvalue weighted by Gasteiger charge is 2.27. The molecule has 0 heterocycles. The minimum Gasteiger partial charge on any atom is -0.508 e. The van der Waals surface area contributed by atoms with E-state index in [1.807, 2.05) is 0 Å². The molecule has 0 aliphatic heterocycles. The maximum Gasteiger partial charge on any atom is 0.410 e. The summed E-state index contributed by atoms with van der Waals surface area (Å²) in [7, 11) is 1.55. The summed E-state index contributed by atoms with van der Waals surface area (Å²) in [5.74, 6) is 0.0507. The second-order valence-electron chi connectivity index (χ2n) is 5.57. The van der Waals surface area contributed by atoms with Crippen molar-refractivity contribution >= 4 is 12.4 Å². The average Bonchev–Trinajstić information content (AvgIpc) is 2.34. The van der Waals surface area contributed by atoms with Gasteiger partial charge in [-0.25, -0.2) is 4.79 Å². The number of phenols is 1. The Labute approximate surface area is 119 Å².